The van der Waals surface area contributed by atoms with E-state index >= 15 is 0 Å². The number of aliphatic hydroxyl groups is 1. The first-order chi connectivity index (χ1) is 6.76. The first kappa shape index (κ1) is 11.2. The van der Waals surface area contributed by atoms with Gasteiger partial charge in [-0.2, -0.15) is 0 Å². The van der Waals surface area contributed by atoms with Crippen molar-refractivity contribution in [1.82, 2.24) is 9.97 Å². The summed E-state index contributed by atoms with van der Waals surface area (Å²) in [7, 11) is 0. The van der Waals surface area contributed by atoms with Crippen LogP contribution in [0.3, 0.4) is 0 Å². The molecular formula is C8H14N4OS. The van der Waals surface area contributed by atoms with Crippen LogP contribution in [0.5, 0.6) is 0 Å². The van der Waals surface area contributed by atoms with Crippen LogP contribution in [0.2, 0.25) is 0 Å². The lowest BCUT2D eigenvalue weighted by atomic mass is 10.3. The number of aromatic nitrogens is 2. The highest BCUT2D eigenvalue weighted by Crippen LogP contribution is 2.23. The predicted octanol–water partition coefficient (Wildman–Crippen LogP) is 0.625. The molecule has 0 bridgehead atoms. The van der Waals surface area contributed by atoms with Gasteiger partial charge in [-0.3, -0.25) is 0 Å². The van der Waals surface area contributed by atoms with E-state index in [0.717, 1.165) is 11.4 Å². The van der Waals surface area contributed by atoms with Gasteiger partial charge in [0.2, 0.25) is 0 Å². The minimum Gasteiger partial charge on any atom is -0.396 e. The molecule has 1 atom stereocenters. The Kier molecular flexibility index (Phi) is 4.64. The SMILES string of the molecule is CC(CCO)Sc1cc(NN)ncn1. The van der Waals surface area contributed by atoms with E-state index in [0.29, 0.717) is 11.1 Å². The fraction of sp³-hybridized carbons (Fsp3) is 0.500. The second-order valence-corrected chi connectivity index (χ2v) is 4.29. The number of thioether (sulfide) groups is 1. The molecule has 5 nitrogen and oxygen atoms in total. The fourth-order valence-electron chi connectivity index (χ4n) is 0.930. The number of aliphatic hydroxyl groups excluding tert-OH is 1. The molecule has 14 heavy (non-hydrogen) atoms. The van der Waals surface area contributed by atoms with Crippen molar-refractivity contribution in [3.8, 4) is 0 Å². The molecule has 1 heterocycles. The van der Waals surface area contributed by atoms with Crippen LogP contribution in [-0.4, -0.2) is 26.9 Å². The summed E-state index contributed by atoms with van der Waals surface area (Å²) in [4.78, 5) is 7.99. The van der Waals surface area contributed by atoms with Crippen molar-refractivity contribution in [2.24, 2.45) is 5.84 Å². The average Bonchev–Trinajstić information content (AvgIpc) is 2.18. The normalized spacial score (nSPS) is 12.5. The van der Waals surface area contributed by atoms with E-state index in [4.69, 9.17) is 10.9 Å². The zero-order valence-electron chi connectivity index (χ0n) is 7.97. The van der Waals surface area contributed by atoms with Gasteiger partial charge in [-0.05, 0) is 6.42 Å². The number of nitrogen functional groups attached to an aromatic ring is 1. The maximum Gasteiger partial charge on any atom is 0.144 e. The van der Waals surface area contributed by atoms with Crippen LogP contribution in [0.25, 0.3) is 0 Å². The third-order valence-corrected chi connectivity index (χ3v) is 2.75. The number of nitrogens with two attached hydrogens (primary N) is 1. The predicted molar refractivity (Wildman–Crippen MR) is 56.9 cm³/mol. The Balaban J connectivity index is 2.57. The molecule has 0 aromatic carbocycles. The molecule has 78 valence electrons. The highest BCUT2D eigenvalue weighted by Gasteiger charge is 2.05. The minimum absolute atomic E-state index is 0.196. The van der Waals surface area contributed by atoms with E-state index < -0.39 is 0 Å². The van der Waals surface area contributed by atoms with Crippen LogP contribution in [0, 0.1) is 0 Å². The van der Waals surface area contributed by atoms with Gasteiger partial charge in [-0.25, -0.2) is 15.8 Å². The smallest absolute Gasteiger partial charge is 0.144 e. The minimum atomic E-state index is 0.196. The zero-order chi connectivity index (χ0) is 10.4. The molecule has 0 saturated heterocycles. The number of hydrogen-bond donors (Lipinski definition) is 3. The lowest BCUT2D eigenvalue weighted by Crippen LogP contribution is -2.09. The van der Waals surface area contributed by atoms with Crippen LogP contribution >= 0.6 is 11.8 Å². The van der Waals surface area contributed by atoms with Crippen LogP contribution in [0.4, 0.5) is 5.82 Å². The monoisotopic (exact) mass is 214 g/mol. The lowest BCUT2D eigenvalue weighted by Gasteiger charge is -2.08. The Morgan fingerprint density at radius 2 is 2.43 bits per heavy atom. The second-order valence-electron chi connectivity index (χ2n) is 2.83. The molecular weight excluding hydrogens is 200 g/mol. The topological polar surface area (TPSA) is 84.1 Å². The Hall–Kier alpha value is -0.850. The third-order valence-electron chi connectivity index (χ3n) is 1.65. The summed E-state index contributed by atoms with van der Waals surface area (Å²) in [6.07, 6.45) is 2.21. The molecule has 1 aromatic rings. The summed E-state index contributed by atoms with van der Waals surface area (Å²) in [5.74, 6) is 5.81. The Labute approximate surface area is 87.1 Å². The number of anilines is 1. The molecule has 1 aromatic heterocycles. The third kappa shape index (κ3) is 3.49. The summed E-state index contributed by atoms with van der Waals surface area (Å²) < 4.78 is 0. The average molecular weight is 214 g/mol. The van der Waals surface area contributed by atoms with Gasteiger partial charge in [0.05, 0.1) is 0 Å². The van der Waals surface area contributed by atoms with Crippen molar-refractivity contribution in [3.05, 3.63) is 12.4 Å². The van der Waals surface area contributed by atoms with Crippen LogP contribution < -0.4 is 11.3 Å². The van der Waals surface area contributed by atoms with Crippen molar-refractivity contribution >= 4 is 17.6 Å². The lowest BCUT2D eigenvalue weighted by molar-refractivity contribution is 0.289. The molecule has 6 heteroatoms. The standard InChI is InChI=1S/C8H14N4OS/c1-6(2-3-13)14-8-4-7(12-9)10-5-11-8/h4-6,13H,2-3,9H2,1H3,(H,10,11,12). The zero-order valence-corrected chi connectivity index (χ0v) is 8.79. The molecule has 0 fully saturated rings. The van der Waals surface area contributed by atoms with E-state index in [-0.39, 0.29) is 6.61 Å². The summed E-state index contributed by atoms with van der Waals surface area (Å²) in [5, 5.41) is 9.93. The van der Waals surface area contributed by atoms with Crippen molar-refractivity contribution in [1.29, 1.82) is 0 Å². The molecule has 0 aliphatic carbocycles. The highest BCUT2D eigenvalue weighted by molar-refractivity contribution is 7.99. The molecule has 1 unspecified atom stereocenters. The number of hydrazine groups is 1. The van der Waals surface area contributed by atoms with Gasteiger partial charge in [-0.15, -0.1) is 11.8 Å². The maximum atomic E-state index is 8.74. The second kappa shape index (κ2) is 5.79. The molecule has 4 N–H and O–H groups in total. The van der Waals surface area contributed by atoms with Gasteiger partial charge in [0.1, 0.15) is 17.2 Å². The van der Waals surface area contributed by atoms with Crippen LogP contribution in [-0.2, 0) is 0 Å². The van der Waals surface area contributed by atoms with E-state index in [1.54, 1.807) is 17.8 Å². The van der Waals surface area contributed by atoms with Crippen LogP contribution in [0.1, 0.15) is 13.3 Å². The Morgan fingerprint density at radius 3 is 3.07 bits per heavy atom. The quantitative estimate of drug-likeness (QED) is 0.288. The molecule has 0 amide bonds. The van der Waals surface area contributed by atoms with Crippen molar-refractivity contribution < 1.29 is 5.11 Å². The number of nitrogens with zero attached hydrogens (tertiary/aromatic N) is 2. The van der Waals surface area contributed by atoms with Crippen molar-refractivity contribution in [2.75, 3.05) is 12.0 Å². The van der Waals surface area contributed by atoms with E-state index in [1.807, 2.05) is 6.92 Å². The first-order valence-electron chi connectivity index (χ1n) is 4.32. The molecule has 0 aliphatic heterocycles. The molecule has 0 spiro atoms. The van der Waals surface area contributed by atoms with Crippen LogP contribution in [0.15, 0.2) is 17.4 Å². The fourth-order valence-corrected chi connectivity index (χ4v) is 1.85. The van der Waals surface area contributed by atoms with Gasteiger partial charge in [-0.1, -0.05) is 6.92 Å². The molecule has 0 saturated carbocycles. The number of rotatable bonds is 5. The largest absolute Gasteiger partial charge is 0.396 e. The summed E-state index contributed by atoms with van der Waals surface area (Å²) >= 11 is 1.59. The van der Waals surface area contributed by atoms with Crippen molar-refractivity contribution in [2.45, 2.75) is 23.6 Å². The summed E-state index contributed by atoms with van der Waals surface area (Å²) in [6.45, 7) is 2.24. The molecule has 0 radical (unpaired) electrons. The van der Waals surface area contributed by atoms with Gasteiger partial charge in [0, 0.05) is 17.9 Å². The van der Waals surface area contributed by atoms with Gasteiger partial charge < -0.3 is 10.5 Å². The molecule has 0 aliphatic rings. The van der Waals surface area contributed by atoms with Gasteiger partial charge in [0.25, 0.3) is 0 Å². The number of hydrogen-bond acceptors (Lipinski definition) is 6. The summed E-state index contributed by atoms with van der Waals surface area (Å²) in [6, 6.07) is 1.78. The van der Waals surface area contributed by atoms with E-state index in [9.17, 15) is 0 Å². The van der Waals surface area contributed by atoms with E-state index in [1.165, 1.54) is 6.33 Å². The first-order valence-corrected chi connectivity index (χ1v) is 5.20. The highest BCUT2D eigenvalue weighted by atomic mass is 32.2. The van der Waals surface area contributed by atoms with Crippen molar-refractivity contribution in [3.63, 3.8) is 0 Å². The van der Waals surface area contributed by atoms with E-state index in [2.05, 4.69) is 15.4 Å². The molecule has 1 rings (SSSR count). The van der Waals surface area contributed by atoms with Gasteiger partial charge >= 0.3 is 0 Å². The maximum absolute atomic E-state index is 8.74. The number of nitrogens with one attached hydrogen (secondary N) is 1. The van der Waals surface area contributed by atoms with Gasteiger partial charge in [0.15, 0.2) is 0 Å². The summed E-state index contributed by atoms with van der Waals surface area (Å²) in [5.41, 5.74) is 2.46. The Bertz CT molecular complexity index is 284. The Morgan fingerprint density at radius 1 is 1.64 bits per heavy atom.